The largest absolute Gasteiger partial charge is 0.480 e. The lowest BCUT2D eigenvalue weighted by molar-refractivity contribution is -0.154. The first kappa shape index (κ1) is 66.1. The number of anilines is 2. The maximum absolute atomic E-state index is 15.9. The number of alkyl halides is 1. The number of ether oxygens (including phenoxy) is 2. The van der Waals surface area contributed by atoms with Crippen molar-refractivity contribution >= 4 is 79.4 Å². The average Bonchev–Trinajstić information content (AvgIpc) is 1.77. The number of thiazole rings is 1. The Labute approximate surface area is 528 Å². The maximum atomic E-state index is 15.9. The third-order valence-corrected chi connectivity index (χ3v) is 19.5. The minimum absolute atomic E-state index is 0.0164. The van der Waals surface area contributed by atoms with Crippen LogP contribution in [0.3, 0.4) is 0 Å². The van der Waals surface area contributed by atoms with Gasteiger partial charge in [0.1, 0.15) is 49.5 Å². The first-order chi connectivity index (χ1) is 43.4. The Balaban J connectivity index is 0.693. The van der Waals surface area contributed by atoms with E-state index in [-0.39, 0.29) is 50.6 Å². The third kappa shape index (κ3) is 15.9. The number of aryl methyl sites for hydroxylation is 1. The topological polar surface area (TPSA) is 289 Å². The van der Waals surface area contributed by atoms with Gasteiger partial charge in [-0.05, 0) is 97.6 Å². The number of fused-ring (bicyclic) bond motifs is 1. The summed E-state index contributed by atoms with van der Waals surface area (Å²) in [5.41, 5.74) is 4.29. The molecule has 0 radical (unpaired) electrons. The number of nitrogens with one attached hydrogen (secondary N) is 4. The molecule has 0 bridgehead atoms. The number of piperazine rings is 1. The van der Waals surface area contributed by atoms with Crippen LogP contribution in [0.2, 0.25) is 0 Å². The summed E-state index contributed by atoms with van der Waals surface area (Å²) < 4.78 is 83.8. The van der Waals surface area contributed by atoms with E-state index in [1.165, 1.54) is 22.4 Å². The molecule has 6 aromatic rings. The molecule has 28 heteroatoms. The van der Waals surface area contributed by atoms with E-state index in [2.05, 4.69) is 40.3 Å². The Morgan fingerprint density at radius 2 is 1.56 bits per heavy atom. The zero-order valence-electron chi connectivity index (χ0n) is 50.8. The van der Waals surface area contributed by atoms with Crippen molar-refractivity contribution in [1.29, 1.82) is 0 Å². The van der Waals surface area contributed by atoms with Gasteiger partial charge in [0, 0.05) is 93.4 Å². The van der Waals surface area contributed by atoms with E-state index in [0.717, 1.165) is 89.4 Å². The van der Waals surface area contributed by atoms with Crippen LogP contribution in [-0.4, -0.2) is 204 Å². The summed E-state index contributed by atoms with van der Waals surface area (Å²) in [6.45, 7) is 10.6. The summed E-state index contributed by atoms with van der Waals surface area (Å²) in [4.78, 5) is 101. The molecule has 0 unspecified atom stereocenters. The molecule has 91 heavy (non-hydrogen) atoms. The number of carboxylic acids is 1. The summed E-state index contributed by atoms with van der Waals surface area (Å²) >= 11 is 1.47. The number of carbonyl (C=O) groups excluding carboxylic acids is 5. The van der Waals surface area contributed by atoms with Crippen LogP contribution in [0.1, 0.15) is 79.7 Å². The molecule has 3 aromatic heterocycles. The number of nitrogens with zero attached hydrogens (tertiary/aromatic N) is 7. The number of aliphatic hydroxyl groups excluding tert-OH is 1. The van der Waals surface area contributed by atoms with Crippen LogP contribution >= 0.6 is 11.3 Å². The maximum Gasteiger partial charge on any atom is 0.332 e. The number of aliphatic hydroxyl groups is 1. The second-order valence-electron chi connectivity index (χ2n) is 24.6. The fourth-order valence-corrected chi connectivity index (χ4v) is 14.2. The quantitative estimate of drug-likeness (QED) is 0.0331. The first-order valence-corrected chi connectivity index (χ1v) is 32.5. The minimum atomic E-state index is -4.39. The SMILES string of the molecule is Cc1ncsc1-c1ccc([C@H](COC(=O)COCC(=O)O)NC(=O)[C@@H]2C[C@@H](O)CN2C(=O)[C@@H](NC(=O)CN2CCC(CN3CCN(c4ccc(-c5cnc6[nH]cc(C(=O)c7c(F)ccc(NS(=O)(=O)N8CC[C@@H](F)C8)c7F)c6c5)cc4)CC3)CC2)C(C)(C)C)cc1. The van der Waals surface area contributed by atoms with Crippen LogP contribution in [0.25, 0.3) is 32.6 Å². The summed E-state index contributed by atoms with van der Waals surface area (Å²) in [6.07, 6.45) is 2.17. The monoisotopic (exact) mass is 1300 g/mol. The fourth-order valence-electron chi connectivity index (χ4n) is 12.1. The van der Waals surface area contributed by atoms with Crippen LogP contribution < -0.4 is 20.3 Å². The number of hydrogen-bond donors (Lipinski definition) is 6. The van der Waals surface area contributed by atoms with Gasteiger partial charge in [0.15, 0.2) is 5.82 Å². The Hall–Kier alpha value is -7.86. The van der Waals surface area contributed by atoms with Gasteiger partial charge in [-0.1, -0.05) is 57.2 Å². The van der Waals surface area contributed by atoms with Crippen molar-refractivity contribution in [2.45, 2.75) is 83.8 Å². The number of hydrogen-bond acceptors (Lipinski definition) is 17. The number of halogens is 3. The molecule has 10 rings (SSSR count). The Morgan fingerprint density at radius 1 is 0.846 bits per heavy atom. The van der Waals surface area contributed by atoms with Crippen LogP contribution in [-0.2, 0) is 43.7 Å². The van der Waals surface area contributed by atoms with Crippen molar-refractivity contribution in [1.82, 2.24) is 44.6 Å². The number of H-pyrrole nitrogens is 1. The summed E-state index contributed by atoms with van der Waals surface area (Å²) in [5, 5.41) is 26.0. The number of aromatic nitrogens is 3. The van der Waals surface area contributed by atoms with E-state index in [9.17, 15) is 46.7 Å². The highest BCUT2D eigenvalue weighted by atomic mass is 32.2. The molecule has 4 fully saturated rings. The zero-order valence-corrected chi connectivity index (χ0v) is 52.5. The molecule has 23 nitrogen and oxygen atoms in total. The number of esters is 1. The van der Waals surface area contributed by atoms with Gasteiger partial charge in [0.25, 0.3) is 0 Å². The third-order valence-electron chi connectivity index (χ3n) is 17.1. The summed E-state index contributed by atoms with van der Waals surface area (Å²) in [6, 6.07) is 15.4. The van der Waals surface area contributed by atoms with Gasteiger partial charge in [0.05, 0.1) is 46.0 Å². The standard InChI is InChI=1S/C63H74F3N11O12S2/c1-37-58(90-36-69-37)41-7-5-40(6-8-41)50(33-89-54(82)35-88-34-53(80)81)70-61(84)51-26-45(78)31-77(51)62(85)59(63(2,3)4)71-52(79)32-73-18-15-38(16-19-73)29-74-21-23-75(24-22-74)44-11-9-39(10-12-44)42-25-46-47(28-68-60(46)67-27-42)57(83)55-48(65)13-14-49(56(55)66)72-91(86,87)76-20-17-43(64)30-76/h5-14,25,27-28,36,38,43,45,50-51,59,72,78H,15-24,26,29-35H2,1-4H3,(H,67,68)(H,70,84)(H,71,79)(H,80,81)/t43-,45-,50+,51+,59-/m1/s1. The fraction of sp³-hybridized carbons (Fsp3) is 0.460. The molecule has 4 saturated heterocycles. The number of aromatic amines is 1. The molecule has 3 aromatic carbocycles. The van der Waals surface area contributed by atoms with Crippen LogP contribution in [0, 0.1) is 29.9 Å². The Bertz CT molecular complexity index is 3760. The number of β-amino-alcohol motifs (C(OH)–C–C–N with tert-alkyl or cyclic N) is 1. The van der Waals surface area contributed by atoms with E-state index in [0.29, 0.717) is 41.2 Å². The van der Waals surface area contributed by atoms with E-state index in [1.54, 1.807) is 29.9 Å². The average molecular weight is 1300 g/mol. The molecule has 6 N–H and O–H groups in total. The van der Waals surface area contributed by atoms with Gasteiger partial charge in [-0.15, -0.1) is 11.3 Å². The van der Waals surface area contributed by atoms with Crippen molar-refractivity contribution in [3.05, 3.63) is 119 Å². The number of benzene rings is 3. The van der Waals surface area contributed by atoms with Crippen LogP contribution in [0.15, 0.2) is 84.6 Å². The molecule has 4 aliphatic rings. The Morgan fingerprint density at radius 3 is 2.22 bits per heavy atom. The van der Waals surface area contributed by atoms with E-state index in [4.69, 9.17) is 14.6 Å². The second-order valence-corrected chi connectivity index (χ2v) is 27.1. The molecule has 486 valence electrons. The van der Waals surface area contributed by atoms with Crippen molar-refractivity contribution in [2.75, 3.05) is 101 Å². The molecule has 7 heterocycles. The highest BCUT2D eigenvalue weighted by Gasteiger charge is 2.45. The normalized spacial score (nSPS) is 19.5. The molecule has 3 amide bonds. The molecule has 0 saturated carbocycles. The highest BCUT2D eigenvalue weighted by Crippen LogP contribution is 2.34. The van der Waals surface area contributed by atoms with Crippen molar-refractivity contribution < 1.29 is 70.0 Å². The second kappa shape index (κ2) is 28.3. The molecule has 0 spiro atoms. The van der Waals surface area contributed by atoms with Crippen molar-refractivity contribution in [2.24, 2.45) is 11.3 Å². The van der Waals surface area contributed by atoms with E-state index >= 15 is 8.78 Å². The number of likely N-dealkylation sites (tertiary alicyclic amines) is 2. The van der Waals surface area contributed by atoms with Gasteiger partial charge in [-0.2, -0.15) is 12.7 Å². The molecular formula is C63H74F3N11O12S2. The number of carboxylic acid groups (broad SMARTS) is 1. The highest BCUT2D eigenvalue weighted by molar-refractivity contribution is 7.90. The number of rotatable bonds is 23. The van der Waals surface area contributed by atoms with Crippen LogP contribution in [0.4, 0.5) is 24.5 Å². The number of ketones is 1. The first-order valence-electron chi connectivity index (χ1n) is 30.1. The van der Waals surface area contributed by atoms with Crippen molar-refractivity contribution in [3.63, 3.8) is 0 Å². The number of pyridine rings is 1. The lowest BCUT2D eigenvalue weighted by Crippen LogP contribution is -2.59. The smallest absolute Gasteiger partial charge is 0.332 e. The lowest BCUT2D eigenvalue weighted by atomic mass is 9.85. The van der Waals surface area contributed by atoms with Crippen LogP contribution in [0.5, 0.6) is 0 Å². The molecule has 4 aliphatic heterocycles. The molecular weight excluding hydrogens is 1220 g/mol. The van der Waals surface area contributed by atoms with E-state index in [1.807, 2.05) is 68.8 Å². The van der Waals surface area contributed by atoms with Gasteiger partial charge in [-0.25, -0.2) is 32.7 Å². The predicted molar refractivity (Wildman–Crippen MR) is 333 cm³/mol. The lowest BCUT2D eigenvalue weighted by Gasteiger charge is -2.40. The number of amides is 3. The van der Waals surface area contributed by atoms with Gasteiger partial charge in [0.2, 0.25) is 23.5 Å². The number of aliphatic carboxylic acids is 1. The zero-order chi connectivity index (χ0) is 64.9. The summed E-state index contributed by atoms with van der Waals surface area (Å²) in [5.74, 6) is -6.82. The van der Waals surface area contributed by atoms with Gasteiger partial charge >= 0.3 is 22.1 Å². The van der Waals surface area contributed by atoms with Gasteiger partial charge < -0.3 is 45.1 Å². The minimum Gasteiger partial charge on any atom is -0.480 e. The predicted octanol–water partition coefficient (Wildman–Crippen LogP) is 5.70. The van der Waals surface area contributed by atoms with E-state index < -0.39 is 118 Å². The van der Waals surface area contributed by atoms with Crippen molar-refractivity contribution in [3.8, 4) is 21.6 Å². The summed E-state index contributed by atoms with van der Waals surface area (Å²) in [7, 11) is -4.39. The number of carbonyl (C=O) groups is 6. The molecule has 5 atom stereocenters. The van der Waals surface area contributed by atoms with Gasteiger partial charge in [-0.3, -0.25) is 33.7 Å². The Kier molecular flexibility index (Phi) is 20.6. The molecule has 0 aliphatic carbocycles. The number of piperidine rings is 1.